The first-order valence-corrected chi connectivity index (χ1v) is 37.6. The molecule has 92 heavy (non-hydrogen) atoms. The molecular formula is C80H134N4O8. The van der Waals surface area contributed by atoms with Crippen LogP contribution in [0.2, 0.25) is 0 Å². The fourth-order valence-electron chi connectivity index (χ4n) is 12.3. The highest BCUT2D eigenvalue weighted by atomic mass is 16.5. The lowest BCUT2D eigenvalue weighted by molar-refractivity contribution is -0.148. The fourth-order valence-corrected chi connectivity index (χ4v) is 12.3. The lowest BCUT2D eigenvalue weighted by atomic mass is 10.0. The van der Waals surface area contributed by atoms with Gasteiger partial charge in [0, 0.05) is 24.5 Å². The number of benzene rings is 3. The minimum atomic E-state index is -1.15. The van der Waals surface area contributed by atoms with Gasteiger partial charge in [-0.25, -0.2) is 0 Å². The Hall–Kier alpha value is -4.94. The minimum absolute atomic E-state index is 0.00594. The lowest BCUT2D eigenvalue weighted by Gasteiger charge is -2.31. The van der Waals surface area contributed by atoms with Crippen LogP contribution in [0.3, 0.4) is 0 Å². The number of unbranched alkanes of at least 4 members (excludes halogenated alkanes) is 38. The molecule has 0 aliphatic heterocycles. The monoisotopic (exact) mass is 1280 g/mol. The number of carbonyl (C=O) groups excluding carboxylic acids is 4. The molecule has 0 saturated carbocycles. The van der Waals surface area contributed by atoms with E-state index in [1.165, 1.54) is 237 Å². The Bertz CT molecular complexity index is 2290. The summed E-state index contributed by atoms with van der Waals surface area (Å²) in [5.41, 5.74) is 8.19. The molecule has 0 spiro atoms. The molecule has 0 bridgehead atoms. The SMILES string of the molecule is CCCCCCCCCCCCCCCCCCCCCCOc1ccc(CN(CC(=O)OC)C(=O)[C@H](Cc2ccccc2)NC(=O)[C@H](Cc2ccccc2)NC(=O)[C@@H](N)[C@@H](C)OC(C)(C)C)c(OCCCCCCCCCCCCCCCCCCCCCC)c1. The van der Waals surface area contributed by atoms with Gasteiger partial charge in [-0.2, -0.15) is 0 Å². The third kappa shape index (κ3) is 41.0. The Labute approximate surface area is 561 Å². The van der Waals surface area contributed by atoms with Crippen LogP contribution in [0.4, 0.5) is 0 Å². The van der Waals surface area contributed by atoms with Crippen molar-refractivity contribution in [3.63, 3.8) is 0 Å². The molecule has 0 fully saturated rings. The number of nitrogens with zero attached hydrogens (tertiary/aromatic N) is 1. The van der Waals surface area contributed by atoms with E-state index in [2.05, 4.69) is 24.5 Å². The molecule has 522 valence electrons. The number of nitrogens with two attached hydrogens (primary N) is 1. The zero-order valence-electron chi connectivity index (χ0n) is 59.6. The summed E-state index contributed by atoms with van der Waals surface area (Å²) >= 11 is 0. The van der Waals surface area contributed by atoms with E-state index in [0.29, 0.717) is 30.3 Å². The molecule has 0 radical (unpaired) electrons. The largest absolute Gasteiger partial charge is 0.493 e. The van der Waals surface area contributed by atoms with E-state index < -0.39 is 53.5 Å². The maximum atomic E-state index is 15.2. The van der Waals surface area contributed by atoms with Crippen molar-refractivity contribution in [1.29, 1.82) is 0 Å². The van der Waals surface area contributed by atoms with Crippen LogP contribution in [0.25, 0.3) is 0 Å². The van der Waals surface area contributed by atoms with E-state index in [1.807, 2.05) is 99.6 Å². The van der Waals surface area contributed by atoms with Gasteiger partial charge in [0.25, 0.3) is 0 Å². The molecular weight excluding hydrogens is 1140 g/mol. The normalized spacial score (nSPS) is 12.9. The van der Waals surface area contributed by atoms with Crippen LogP contribution in [0.1, 0.15) is 315 Å². The van der Waals surface area contributed by atoms with Gasteiger partial charge in [-0.15, -0.1) is 0 Å². The molecule has 3 rings (SSSR count). The highest BCUT2D eigenvalue weighted by Crippen LogP contribution is 2.29. The molecule has 0 saturated heterocycles. The van der Waals surface area contributed by atoms with Crippen LogP contribution in [0.5, 0.6) is 11.5 Å². The molecule has 0 aliphatic carbocycles. The standard InChI is InChI=1S/C80H134N4O8/c1-8-10-12-14-16-18-20-22-24-26-28-30-32-34-36-38-40-42-44-52-60-90-71-59-58-70(74(64-71)91-61-53-45-43-41-39-37-35-33-31-29-27-25-23-21-19-17-15-13-11-9-2)65-84(66-75(85)89-7)79(88)73(63-69-56-50-47-51-57-69)83-77(86)72(62-68-54-48-46-49-55-68)82-78(87)76(81)67(3)92-80(4,5)6/h46-51,54-59,64,67,72-73,76H,8-45,52-53,60-63,65-66,81H2,1-7H3,(H,82,87)(H,83,86)/t67-,72+,73+,76+/m1/s1. The number of hydrogen-bond acceptors (Lipinski definition) is 9. The smallest absolute Gasteiger partial charge is 0.325 e. The van der Waals surface area contributed by atoms with Crippen LogP contribution >= 0.6 is 0 Å². The lowest BCUT2D eigenvalue weighted by Crippen LogP contribution is -2.59. The Morgan fingerprint density at radius 2 is 0.826 bits per heavy atom. The Morgan fingerprint density at radius 1 is 0.467 bits per heavy atom. The van der Waals surface area contributed by atoms with Gasteiger partial charge in [0.1, 0.15) is 36.2 Å². The second kappa shape index (κ2) is 53.3. The molecule has 4 atom stereocenters. The Morgan fingerprint density at radius 3 is 1.21 bits per heavy atom. The van der Waals surface area contributed by atoms with Gasteiger partial charge in [-0.3, -0.25) is 19.2 Å². The van der Waals surface area contributed by atoms with Gasteiger partial charge < -0.3 is 40.2 Å². The molecule has 3 amide bonds. The predicted octanol–water partition coefficient (Wildman–Crippen LogP) is 19.6. The zero-order chi connectivity index (χ0) is 66.5. The molecule has 12 nitrogen and oxygen atoms in total. The molecule has 0 aromatic heterocycles. The van der Waals surface area contributed by atoms with Crippen LogP contribution in [-0.2, 0) is 48.0 Å². The summed E-state index contributed by atoms with van der Waals surface area (Å²) in [5.74, 6) is -0.975. The topological polar surface area (TPSA) is 159 Å². The van der Waals surface area contributed by atoms with Gasteiger partial charge in [0.05, 0.1) is 38.6 Å². The minimum Gasteiger partial charge on any atom is -0.493 e. The number of nitrogens with one attached hydrogen (secondary N) is 2. The zero-order valence-corrected chi connectivity index (χ0v) is 59.6. The number of esters is 1. The Balaban J connectivity index is 1.66. The first-order valence-electron chi connectivity index (χ1n) is 37.6. The number of carbonyl (C=O) groups is 4. The second-order valence-electron chi connectivity index (χ2n) is 27.6. The van der Waals surface area contributed by atoms with Crippen molar-refractivity contribution < 1.29 is 38.1 Å². The second-order valence-corrected chi connectivity index (χ2v) is 27.6. The van der Waals surface area contributed by atoms with Crippen molar-refractivity contribution in [3.05, 3.63) is 95.6 Å². The van der Waals surface area contributed by atoms with Crippen molar-refractivity contribution >= 4 is 23.7 Å². The summed E-state index contributed by atoms with van der Waals surface area (Å²) in [6.07, 6.45) is 52.6. The number of ether oxygens (including phenoxy) is 4. The molecule has 4 N–H and O–H groups in total. The average Bonchev–Trinajstić information content (AvgIpc) is 3.18. The fraction of sp³-hybridized carbons (Fsp3) is 0.725. The van der Waals surface area contributed by atoms with E-state index in [9.17, 15) is 14.4 Å². The van der Waals surface area contributed by atoms with Gasteiger partial charge in [0.15, 0.2) is 0 Å². The molecule has 0 unspecified atom stereocenters. The average molecular weight is 1280 g/mol. The highest BCUT2D eigenvalue weighted by molar-refractivity contribution is 5.94. The van der Waals surface area contributed by atoms with Crippen LogP contribution < -0.4 is 25.8 Å². The summed E-state index contributed by atoms with van der Waals surface area (Å²) in [6.45, 7) is 12.7. The van der Waals surface area contributed by atoms with Gasteiger partial charge in [0.2, 0.25) is 17.7 Å². The molecule has 3 aromatic rings. The maximum absolute atomic E-state index is 15.2. The van der Waals surface area contributed by atoms with Crippen molar-refractivity contribution in [1.82, 2.24) is 15.5 Å². The van der Waals surface area contributed by atoms with Gasteiger partial charge in [-0.05, 0) is 63.8 Å². The number of rotatable bonds is 59. The third-order valence-electron chi connectivity index (χ3n) is 17.9. The number of methoxy groups -OCH3 is 1. The maximum Gasteiger partial charge on any atom is 0.325 e. The third-order valence-corrected chi connectivity index (χ3v) is 17.9. The molecule has 12 heteroatoms. The summed E-state index contributed by atoms with van der Waals surface area (Å²) in [5, 5.41) is 5.91. The van der Waals surface area contributed by atoms with Crippen LogP contribution in [-0.4, -0.2) is 85.3 Å². The summed E-state index contributed by atoms with van der Waals surface area (Å²) in [6, 6.07) is 21.2. The first-order chi connectivity index (χ1) is 44.7. The highest BCUT2D eigenvalue weighted by Gasteiger charge is 2.34. The van der Waals surface area contributed by atoms with Crippen molar-refractivity contribution in [3.8, 4) is 11.5 Å². The first kappa shape index (κ1) is 81.3. The molecule has 0 aliphatic rings. The number of amides is 3. The van der Waals surface area contributed by atoms with E-state index in [1.54, 1.807) is 6.92 Å². The molecule has 0 heterocycles. The number of hydrogen-bond donors (Lipinski definition) is 3. The quantitative estimate of drug-likeness (QED) is 0.0369. The predicted molar refractivity (Wildman–Crippen MR) is 383 cm³/mol. The van der Waals surface area contributed by atoms with E-state index in [0.717, 1.165) is 43.2 Å². The van der Waals surface area contributed by atoms with E-state index in [4.69, 9.17) is 24.7 Å². The summed E-state index contributed by atoms with van der Waals surface area (Å²) in [4.78, 5) is 58.5. The molecule has 3 aromatic carbocycles. The van der Waals surface area contributed by atoms with E-state index >= 15 is 4.79 Å². The van der Waals surface area contributed by atoms with Crippen molar-refractivity contribution in [2.75, 3.05) is 26.9 Å². The van der Waals surface area contributed by atoms with Gasteiger partial charge in [-0.1, -0.05) is 319 Å². The van der Waals surface area contributed by atoms with Gasteiger partial charge >= 0.3 is 5.97 Å². The summed E-state index contributed by atoms with van der Waals surface area (Å²) in [7, 11) is 1.30. The van der Waals surface area contributed by atoms with Crippen LogP contribution in [0.15, 0.2) is 78.9 Å². The van der Waals surface area contributed by atoms with Crippen molar-refractivity contribution in [2.24, 2.45) is 5.73 Å². The Kier molecular flexibility index (Phi) is 47.1. The van der Waals surface area contributed by atoms with Crippen molar-refractivity contribution in [2.45, 2.75) is 348 Å². The summed E-state index contributed by atoms with van der Waals surface area (Å²) < 4.78 is 24.2. The van der Waals surface area contributed by atoms with E-state index in [-0.39, 0.29) is 25.9 Å². The van der Waals surface area contributed by atoms with Crippen LogP contribution in [0, 0.1) is 0 Å².